The summed E-state index contributed by atoms with van der Waals surface area (Å²) in [6, 6.07) is 15.0. The molecule has 0 atom stereocenters. The molecule has 3 aromatic rings. The molecule has 2 aromatic carbocycles. The number of aromatic nitrogens is 1. The van der Waals surface area contributed by atoms with Crippen molar-refractivity contribution < 1.29 is 9.50 Å². The van der Waals surface area contributed by atoms with E-state index in [9.17, 15) is 4.39 Å². The first kappa shape index (κ1) is 20.8. The molecule has 0 unspecified atom stereocenters. The Bertz CT molecular complexity index is 953. The Morgan fingerprint density at radius 2 is 1.75 bits per heavy atom. The lowest BCUT2D eigenvalue weighted by Crippen LogP contribution is -2.00. The zero-order valence-electron chi connectivity index (χ0n) is 15.4. The number of pyridine rings is 1. The summed E-state index contributed by atoms with van der Waals surface area (Å²) in [7, 11) is 0. The molecule has 1 heterocycles. The summed E-state index contributed by atoms with van der Waals surface area (Å²) >= 11 is 6.04. The van der Waals surface area contributed by atoms with Gasteiger partial charge in [-0.15, -0.1) is 12.4 Å². The molecular formula is C23H22Cl2FNO. The van der Waals surface area contributed by atoms with Crippen molar-refractivity contribution in [1.82, 2.24) is 4.98 Å². The fourth-order valence-electron chi connectivity index (χ4n) is 3.81. The van der Waals surface area contributed by atoms with Crippen LogP contribution in [0.5, 0.6) is 0 Å². The number of hydrogen-bond acceptors (Lipinski definition) is 2. The van der Waals surface area contributed by atoms with Gasteiger partial charge in [0.15, 0.2) is 0 Å². The van der Waals surface area contributed by atoms with Gasteiger partial charge in [-0.2, -0.15) is 0 Å². The Hall–Kier alpha value is -1.94. The number of benzene rings is 2. The van der Waals surface area contributed by atoms with Gasteiger partial charge in [0, 0.05) is 22.9 Å². The van der Waals surface area contributed by atoms with E-state index in [0.717, 1.165) is 42.6 Å². The summed E-state index contributed by atoms with van der Waals surface area (Å²) in [6.07, 6.45) is 4.62. The standard InChI is InChI=1S/C23H21ClFNO.ClH/c24-19-11-18(12-20(25)14-19)23-13-17(21-2-1-3-22(21)26-23)10-16-6-4-15(5-7-16)8-9-27;/h4-7,11-14,27H,1-3,8-10H2;1H. The zero-order chi connectivity index (χ0) is 18.8. The Labute approximate surface area is 175 Å². The van der Waals surface area contributed by atoms with E-state index in [2.05, 4.69) is 30.3 Å². The van der Waals surface area contributed by atoms with Crippen LogP contribution < -0.4 is 0 Å². The Balaban J connectivity index is 0.00000225. The lowest BCUT2D eigenvalue weighted by atomic mass is 9.96. The number of halogens is 3. The summed E-state index contributed by atoms with van der Waals surface area (Å²) in [5.41, 5.74) is 7.57. The minimum absolute atomic E-state index is 0. The van der Waals surface area contributed by atoms with E-state index in [1.807, 2.05) is 0 Å². The van der Waals surface area contributed by atoms with Crippen molar-refractivity contribution in [3.8, 4) is 11.3 Å². The summed E-state index contributed by atoms with van der Waals surface area (Å²) in [5, 5.41) is 9.45. The van der Waals surface area contributed by atoms with Gasteiger partial charge >= 0.3 is 0 Å². The van der Waals surface area contributed by atoms with Crippen molar-refractivity contribution in [2.24, 2.45) is 0 Å². The van der Waals surface area contributed by atoms with Crippen LogP contribution >= 0.6 is 24.0 Å². The molecule has 0 radical (unpaired) electrons. The third-order valence-corrected chi connectivity index (χ3v) is 5.34. The summed E-state index contributed by atoms with van der Waals surface area (Å²) in [5.74, 6) is -0.346. The molecule has 1 aliphatic carbocycles. The SMILES string of the molecule is Cl.OCCc1ccc(Cc2cc(-c3cc(F)cc(Cl)c3)nc3c2CCC3)cc1. The first-order chi connectivity index (χ1) is 13.1. The van der Waals surface area contributed by atoms with Crippen molar-refractivity contribution in [2.75, 3.05) is 6.61 Å². The number of aliphatic hydroxyl groups is 1. The molecule has 0 fully saturated rings. The molecule has 0 spiro atoms. The van der Waals surface area contributed by atoms with E-state index in [1.165, 1.54) is 28.8 Å². The Morgan fingerprint density at radius 1 is 1.00 bits per heavy atom. The van der Waals surface area contributed by atoms with Gasteiger partial charge in [-0.1, -0.05) is 35.9 Å². The highest BCUT2D eigenvalue weighted by molar-refractivity contribution is 6.30. The van der Waals surface area contributed by atoms with Crippen LogP contribution in [0.15, 0.2) is 48.5 Å². The van der Waals surface area contributed by atoms with Gasteiger partial charge in [-0.05, 0) is 78.6 Å². The van der Waals surface area contributed by atoms with E-state index in [1.54, 1.807) is 6.07 Å². The quantitative estimate of drug-likeness (QED) is 0.587. The second kappa shape index (κ2) is 9.04. The van der Waals surface area contributed by atoms with E-state index in [-0.39, 0.29) is 24.8 Å². The second-order valence-corrected chi connectivity index (χ2v) is 7.51. The van der Waals surface area contributed by atoms with Gasteiger partial charge in [0.1, 0.15) is 5.82 Å². The fourth-order valence-corrected chi connectivity index (χ4v) is 4.03. The van der Waals surface area contributed by atoms with Crippen molar-refractivity contribution in [3.63, 3.8) is 0 Å². The maximum absolute atomic E-state index is 13.8. The lowest BCUT2D eigenvalue weighted by Gasteiger charge is -2.12. The van der Waals surface area contributed by atoms with Gasteiger partial charge in [0.05, 0.1) is 5.69 Å². The van der Waals surface area contributed by atoms with E-state index in [0.29, 0.717) is 17.0 Å². The van der Waals surface area contributed by atoms with Gasteiger partial charge < -0.3 is 5.11 Å². The Morgan fingerprint density at radius 3 is 2.46 bits per heavy atom. The Kier molecular flexibility index (Phi) is 6.71. The van der Waals surface area contributed by atoms with E-state index >= 15 is 0 Å². The predicted molar refractivity (Wildman–Crippen MR) is 114 cm³/mol. The second-order valence-electron chi connectivity index (χ2n) is 7.07. The van der Waals surface area contributed by atoms with Crippen molar-refractivity contribution in [2.45, 2.75) is 32.1 Å². The lowest BCUT2D eigenvalue weighted by molar-refractivity contribution is 0.299. The highest BCUT2D eigenvalue weighted by Gasteiger charge is 2.19. The average molecular weight is 418 g/mol. The van der Waals surface area contributed by atoms with Crippen molar-refractivity contribution in [1.29, 1.82) is 0 Å². The molecule has 1 N–H and O–H groups in total. The van der Waals surface area contributed by atoms with Crippen LogP contribution in [0, 0.1) is 5.82 Å². The molecular weight excluding hydrogens is 396 g/mol. The molecule has 0 saturated heterocycles. The van der Waals surface area contributed by atoms with E-state index in [4.69, 9.17) is 21.7 Å². The normalized spacial score (nSPS) is 12.5. The molecule has 0 bridgehead atoms. The maximum Gasteiger partial charge on any atom is 0.125 e. The van der Waals surface area contributed by atoms with Crippen LogP contribution in [0.1, 0.15) is 34.4 Å². The van der Waals surface area contributed by atoms with Crippen molar-refractivity contribution >= 4 is 24.0 Å². The topological polar surface area (TPSA) is 33.1 Å². The molecule has 1 aliphatic rings. The first-order valence-corrected chi connectivity index (χ1v) is 9.67. The number of hydrogen-bond donors (Lipinski definition) is 1. The third kappa shape index (κ3) is 4.54. The highest BCUT2D eigenvalue weighted by atomic mass is 35.5. The number of fused-ring (bicyclic) bond motifs is 1. The molecule has 2 nitrogen and oxygen atoms in total. The molecule has 0 aliphatic heterocycles. The number of aryl methyl sites for hydroxylation is 1. The number of aliphatic hydroxyl groups excluding tert-OH is 1. The maximum atomic E-state index is 13.8. The summed E-state index contributed by atoms with van der Waals surface area (Å²) in [6.45, 7) is 0.163. The fraction of sp³-hybridized carbons (Fsp3) is 0.261. The van der Waals surface area contributed by atoms with Crippen LogP contribution in [0.2, 0.25) is 5.02 Å². The zero-order valence-corrected chi connectivity index (χ0v) is 17.0. The monoisotopic (exact) mass is 417 g/mol. The predicted octanol–water partition coefficient (Wildman–Crippen LogP) is 5.58. The summed E-state index contributed by atoms with van der Waals surface area (Å²) in [4.78, 5) is 4.79. The molecule has 28 heavy (non-hydrogen) atoms. The molecule has 5 heteroatoms. The van der Waals surface area contributed by atoms with Crippen LogP contribution in [0.3, 0.4) is 0 Å². The third-order valence-electron chi connectivity index (χ3n) is 5.12. The number of rotatable bonds is 5. The molecule has 1 aromatic heterocycles. The van der Waals surface area contributed by atoms with Crippen LogP contribution in [-0.4, -0.2) is 16.7 Å². The number of nitrogens with zero attached hydrogens (tertiary/aromatic N) is 1. The first-order valence-electron chi connectivity index (χ1n) is 9.29. The minimum atomic E-state index is -0.346. The van der Waals surface area contributed by atoms with E-state index < -0.39 is 0 Å². The smallest absolute Gasteiger partial charge is 0.125 e. The summed E-state index contributed by atoms with van der Waals surface area (Å²) < 4.78 is 13.8. The van der Waals surface area contributed by atoms with Gasteiger partial charge in [-0.25, -0.2) is 4.39 Å². The van der Waals surface area contributed by atoms with Gasteiger partial charge in [0.25, 0.3) is 0 Å². The van der Waals surface area contributed by atoms with Crippen LogP contribution in [0.25, 0.3) is 11.3 Å². The van der Waals surface area contributed by atoms with Gasteiger partial charge in [-0.3, -0.25) is 4.98 Å². The molecule has 146 valence electrons. The minimum Gasteiger partial charge on any atom is -0.396 e. The van der Waals surface area contributed by atoms with Crippen LogP contribution in [0.4, 0.5) is 4.39 Å². The highest BCUT2D eigenvalue weighted by Crippen LogP contribution is 2.31. The largest absolute Gasteiger partial charge is 0.396 e. The molecule has 0 saturated carbocycles. The molecule has 0 amide bonds. The molecule has 4 rings (SSSR count). The van der Waals surface area contributed by atoms with Crippen LogP contribution in [-0.2, 0) is 25.7 Å². The van der Waals surface area contributed by atoms with Crippen molar-refractivity contribution in [3.05, 3.63) is 87.3 Å². The average Bonchev–Trinajstić information content (AvgIpc) is 3.12. The van der Waals surface area contributed by atoms with Gasteiger partial charge in [0.2, 0.25) is 0 Å².